The van der Waals surface area contributed by atoms with E-state index in [1.54, 1.807) is 0 Å². The fourth-order valence-corrected chi connectivity index (χ4v) is 5.04. The summed E-state index contributed by atoms with van der Waals surface area (Å²) in [5, 5.41) is 3.42. The van der Waals surface area contributed by atoms with Crippen LogP contribution in [-0.4, -0.2) is 56.4 Å². The SMILES string of the molecule is CCCN(CC1CCCN1)C(=O)CC1CCS(=O)(=O)C1. The molecule has 0 aromatic heterocycles. The number of amides is 1. The monoisotopic (exact) mass is 302 g/mol. The first kappa shape index (κ1) is 15.8. The normalized spacial score (nSPS) is 28.6. The third-order valence-corrected chi connectivity index (χ3v) is 6.08. The Morgan fingerprint density at radius 1 is 1.35 bits per heavy atom. The average Bonchev–Trinajstić information content (AvgIpc) is 2.98. The maximum absolute atomic E-state index is 12.4. The van der Waals surface area contributed by atoms with Crippen molar-refractivity contribution in [3.05, 3.63) is 0 Å². The van der Waals surface area contributed by atoms with Gasteiger partial charge in [-0.2, -0.15) is 0 Å². The topological polar surface area (TPSA) is 66.5 Å². The van der Waals surface area contributed by atoms with Gasteiger partial charge in [0.1, 0.15) is 0 Å². The Morgan fingerprint density at radius 2 is 2.15 bits per heavy atom. The minimum atomic E-state index is -2.88. The van der Waals surface area contributed by atoms with E-state index < -0.39 is 9.84 Å². The van der Waals surface area contributed by atoms with Crippen LogP contribution in [0, 0.1) is 5.92 Å². The third-order valence-electron chi connectivity index (χ3n) is 4.24. The second kappa shape index (κ2) is 6.89. The second-order valence-electron chi connectivity index (χ2n) is 6.11. The smallest absolute Gasteiger partial charge is 0.222 e. The maximum atomic E-state index is 12.4. The van der Waals surface area contributed by atoms with E-state index in [9.17, 15) is 13.2 Å². The molecule has 0 bridgehead atoms. The zero-order chi connectivity index (χ0) is 14.6. The maximum Gasteiger partial charge on any atom is 0.222 e. The summed E-state index contributed by atoms with van der Waals surface area (Å²) in [6.45, 7) is 4.66. The molecule has 0 aromatic carbocycles. The molecule has 2 aliphatic heterocycles. The van der Waals surface area contributed by atoms with Crippen LogP contribution >= 0.6 is 0 Å². The van der Waals surface area contributed by atoms with Crippen molar-refractivity contribution in [1.29, 1.82) is 0 Å². The van der Waals surface area contributed by atoms with E-state index in [1.807, 2.05) is 4.90 Å². The Bertz CT molecular complexity index is 430. The first-order chi connectivity index (χ1) is 9.50. The van der Waals surface area contributed by atoms with Crippen molar-refractivity contribution in [3.63, 3.8) is 0 Å². The lowest BCUT2D eigenvalue weighted by Crippen LogP contribution is -2.42. The molecule has 5 nitrogen and oxygen atoms in total. The Hall–Kier alpha value is -0.620. The Morgan fingerprint density at radius 3 is 2.70 bits per heavy atom. The highest BCUT2D eigenvalue weighted by atomic mass is 32.2. The molecule has 2 unspecified atom stereocenters. The molecule has 1 amide bonds. The number of nitrogens with zero attached hydrogens (tertiary/aromatic N) is 1. The number of nitrogens with one attached hydrogen (secondary N) is 1. The highest BCUT2D eigenvalue weighted by Crippen LogP contribution is 2.22. The molecule has 2 saturated heterocycles. The predicted molar refractivity (Wildman–Crippen MR) is 79.3 cm³/mol. The van der Waals surface area contributed by atoms with E-state index >= 15 is 0 Å². The van der Waals surface area contributed by atoms with Crippen LogP contribution in [0.15, 0.2) is 0 Å². The number of carbonyl (C=O) groups excluding carboxylic acids is 1. The summed E-state index contributed by atoms with van der Waals surface area (Å²) in [5.74, 6) is 0.606. The summed E-state index contributed by atoms with van der Waals surface area (Å²) in [4.78, 5) is 14.3. The summed E-state index contributed by atoms with van der Waals surface area (Å²) < 4.78 is 22.9. The summed E-state index contributed by atoms with van der Waals surface area (Å²) in [6, 6.07) is 0.415. The van der Waals surface area contributed by atoms with Crippen molar-refractivity contribution >= 4 is 15.7 Å². The zero-order valence-electron chi connectivity index (χ0n) is 12.3. The molecule has 116 valence electrons. The number of hydrogen-bond acceptors (Lipinski definition) is 4. The van der Waals surface area contributed by atoms with Gasteiger partial charge in [-0.1, -0.05) is 6.92 Å². The molecule has 2 heterocycles. The van der Waals surface area contributed by atoms with Crippen LogP contribution in [0.5, 0.6) is 0 Å². The molecular formula is C14H26N2O3S. The summed E-state index contributed by atoms with van der Waals surface area (Å²) in [6.07, 6.45) is 4.30. The molecule has 20 heavy (non-hydrogen) atoms. The summed E-state index contributed by atoms with van der Waals surface area (Å²) >= 11 is 0. The Balaban J connectivity index is 1.86. The Labute approximate surface area is 122 Å². The number of carbonyl (C=O) groups is 1. The first-order valence-corrected chi connectivity index (χ1v) is 9.54. The van der Waals surface area contributed by atoms with Crippen molar-refractivity contribution in [2.24, 2.45) is 5.92 Å². The van der Waals surface area contributed by atoms with Crippen molar-refractivity contribution < 1.29 is 13.2 Å². The fraction of sp³-hybridized carbons (Fsp3) is 0.929. The van der Waals surface area contributed by atoms with Crippen LogP contribution in [0.25, 0.3) is 0 Å². The fourth-order valence-electron chi connectivity index (χ4n) is 3.18. The number of hydrogen-bond donors (Lipinski definition) is 1. The van der Waals surface area contributed by atoms with E-state index in [4.69, 9.17) is 0 Å². The van der Waals surface area contributed by atoms with Crippen LogP contribution in [0.1, 0.15) is 39.0 Å². The van der Waals surface area contributed by atoms with Gasteiger partial charge in [-0.15, -0.1) is 0 Å². The van der Waals surface area contributed by atoms with Crippen molar-refractivity contribution in [2.75, 3.05) is 31.1 Å². The first-order valence-electron chi connectivity index (χ1n) is 7.72. The van der Waals surface area contributed by atoms with Gasteiger partial charge in [0.2, 0.25) is 5.91 Å². The number of rotatable bonds is 6. The van der Waals surface area contributed by atoms with Gasteiger partial charge in [-0.3, -0.25) is 4.79 Å². The highest BCUT2D eigenvalue weighted by molar-refractivity contribution is 7.91. The molecule has 2 aliphatic rings. The summed E-state index contributed by atoms with van der Waals surface area (Å²) in [5.41, 5.74) is 0. The van der Waals surface area contributed by atoms with Crippen LogP contribution in [0.2, 0.25) is 0 Å². The quantitative estimate of drug-likeness (QED) is 0.788. The second-order valence-corrected chi connectivity index (χ2v) is 8.33. The predicted octanol–water partition coefficient (Wildman–Crippen LogP) is 0.802. The molecular weight excluding hydrogens is 276 g/mol. The van der Waals surface area contributed by atoms with Gasteiger partial charge in [-0.05, 0) is 38.1 Å². The minimum absolute atomic E-state index is 0.0309. The van der Waals surface area contributed by atoms with Gasteiger partial charge in [0.25, 0.3) is 0 Å². The summed E-state index contributed by atoms with van der Waals surface area (Å²) in [7, 11) is -2.88. The lowest BCUT2D eigenvalue weighted by atomic mass is 10.0. The van der Waals surface area contributed by atoms with Crippen LogP contribution in [0.3, 0.4) is 0 Å². The van der Waals surface area contributed by atoms with E-state index in [0.717, 1.165) is 32.5 Å². The molecule has 1 N–H and O–H groups in total. The van der Waals surface area contributed by atoms with Gasteiger partial charge >= 0.3 is 0 Å². The van der Waals surface area contributed by atoms with Crippen molar-refractivity contribution in [2.45, 2.75) is 45.1 Å². The third kappa shape index (κ3) is 4.45. The molecule has 0 saturated carbocycles. The number of sulfone groups is 1. The van der Waals surface area contributed by atoms with E-state index in [-0.39, 0.29) is 23.3 Å². The van der Waals surface area contributed by atoms with E-state index in [1.165, 1.54) is 6.42 Å². The van der Waals surface area contributed by atoms with E-state index in [2.05, 4.69) is 12.2 Å². The molecule has 2 rings (SSSR count). The molecule has 0 spiro atoms. The van der Waals surface area contributed by atoms with Gasteiger partial charge in [0.15, 0.2) is 9.84 Å². The van der Waals surface area contributed by atoms with Gasteiger partial charge in [0, 0.05) is 25.6 Å². The van der Waals surface area contributed by atoms with E-state index in [0.29, 0.717) is 18.9 Å². The lowest BCUT2D eigenvalue weighted by Gasteiger charge is -2.26. The van der Waals surface area contributed by atoms with Crippen molar-refractivity contribution in [3.8, 4) is 0 Å². The zero-order valence-corrected chi connectivity index (χ0v) is 13.1. The van der Waals surface area contributed by atoms with Crippen LogP contribution in [-0.2, 0) is 14.6 Å². The molecule has 2 fully saturated rings. The van der Waals surface area contributed by atoms with Gasteiger partial charge in [-0.25, -0.2) is 8.42 Å². The average molecular weight is 302 g/mol. The highest BCUT2D eigenvalue weighted by Gasteiger charge is 2.31. The standard InChI is InChI=1S/C14H26N2O3S/c1-2-7-16(10-13-4-3-6-15-13)14(17)9-12-5-8-20(18,19)11-12/h12-13,15H,2-11H2,1H3. The lowest BCUT2D eigenvalue weighted by molar-refractivity contribution is -0.132. The van der Waals surface area contributed by atoms with Crippen molar-refractivity contribution in [1.82, 2.24) is 10.2 Å². The van der Waals surface area contributed by atoms with Gasteiger partial charge < -0.3 is 10.2 Å². The van der Waals surface area contributed by atoms with Crippen LogP contribution < -0.4 is 5.32 Å². The Kier molecular flexibility index (Phi) is 5.43. The molecule has 0 aromatic rings. The molecule has 0 radical (unpaired) electrons. The molecule has 6 heteroatoms. The molecule has 0 aliphatic carbocycles. The van der Waals surface area contributed by atoms with Gasteiger partial charge in [0.05, 0.1) is 11.5 Å². The molecule has 2 atom stereocenters. The van der Waals surface area contributed by atoms with Crippen LogP contribution in [0.4, 0.5) is 0 Å². The largest absolute Gasteiger partial charge is 0.341 e. The minimum Gasteiger partial charge on any atom is -0.341 e.